The maximum atomic E-state index is 5.78. The highest BCUT2D eigenvalue weighted by Crippen LogP contribution is 2.27. The first-order valence-electron chi connectivity index (χ1n) is 7.01. The molecule has 0 bridgehead atoms. The van der Waals surface area contributed by atoms with Crippen molar-refractivity contribution in [1.29, 1.82) is 0 Å². The lowest BCUT2D eigenvalue weighted by Gasteiger charge is -2.06. The van der Waals surface area contributed by atoms with Crippen LogP contribution in [0.4, 0.5) is 0 Å². The Balaban J connectivity index is 0. The van der Waals surface area contributed by atoms with Gasteiger partial charge in [0, 0.05) is 0 Å². The van der Waals surface area contributed by atoms with Crippen molar-refractivity contribution in [2.24, 2.45) is 0 Å². The minimum atomic E-state index is -2.32. The quantitative estimate of drug-likeness (QED) is 0.208. The largest absolute Gasteiger partial charge is 0.341 e. The van der Waals surface area contributed by atoms with Crippen LogP contribution in [0.1, 0.15) is 58.3 Å². The molecule has 0 aliphatic rings. The van der Waals surface area contributed by atoms with Crippen molar-refractivity contribution in [2.75, 3.05) is 0 Å². The summed E-state index contributed by atoms with van der Waals surface area (Å²) in [5, 5.41) is 0. The van der Waals surface area contributed by atoms with Crippen molar-refractivity contribution in [2.45, 2.75) is 77.4 Å². The van der Waals surface area contributed by atoms with E-state index in [1.54, 1.807) is 0 Å². The molecule has 0 rings (SSSR count). The molecule has 0 unspecified atom stereocenters. The molecule has 0 heterocycles. The highest BCUT2D eigenvalue weighted by molar-refractivity contribution is 7.64. The molecule has 0 N–H and O–H groups in total. The van der Waals surface area contributed by atoms with Crippen molar-refractivity contribution in [3.8, 4) is 0 Å². The molecule has 7 heteroatoms. The zero-order valence-electron chi connectivity index (χ0n) is 12.3. The summed E-state index contributed by atoms with van der Waals surface area (Å²) in [5.41, 5.74) is 0. The number of unbranched alkanes of at least 4 members (excludes halogenated alkanes) is 7. The zero-order chi connectivity index (χ0) is 15.4. The smallest absolute Gasteiger partial charge is 0.146 e. The lowest BCUT2D eigenvalue weighted by atomic mass is 10.1. The molecule has 0 saturated carbocycles. The van der Waals surface area contributed by atoms with E-state index in [0.717, 1.165) is 12.5 Å². The van der Waals surface area contributed by atoms with Gasteiger partial charge in [-0.05, 0) is 19.1 Å². The second-order valence-electron chi connectivity index (χ2n) is 5.17. The normalized spacial score (nSPS) is 12.0. The molecule has 118 valence electrons. The van der Waals surface area contributed by atoms with Gasteiger partial charge in [0.1, 0.15) is 0 Å². The summed E-state index contributed by atoms with van der Waals surface area (Å²) in [6.07, 6.45) is 10.4. The molecular weight excluding hydrogens is 378 g/mol. The Bertz CT molecular complexity index is 184. The van der Waals surface area contributed by atoms with Gasteiger partial charge in [0.05, 0.1) is 0 Å². The molecule has 0 atom stereocenters. The minimum Gasteiger partial charge on any atom is -0.146 e. The summed E-state index contributed by atoms with van der Waals surface area (Å²) in [4.78, 5) is 0. The van der Waals surface area contributed by atoms with Gasteiger partial charge in [0.15, 0.2) is 0 Å². The Hall–Kier alpha value is 1.88. The summed E-state index contributed by atoms with van der Waals surface area (Å²) in [6, 6.07) is -1.50. The van der Waals surface area contributed by atoms with Gasteiger partial charge < -0.3 is 0 Å². The van der Waals surface area contributed by atoms with Crippen LogP contribution in [0, 0.1) is 0 Å². The fourth-order valence-electron chi connectivity index (χ4n) is 1.46. The molecule has 0 saturated heterocycles. The van der Waals surface area contributed by atoms with Gasteiger partial charge in [0.25, 0.3) is 0 Å². The van der Waals surface area contributed by atoms with Crippen molar-refractivity contribution >= 4 is 68.1 Å². The maximum Gasteiger partial charge on any atom is 0.341 e. The van der Waals surface area contributed by atoms with Gasteiger partial charge >= 0.3 is 6.00 Å². The Labute approximate surface area is 145 Å². The van der Waals surface area contributed by atoms with Crippen LogP contribution in [0.3, 0.4) is 0 Å². The second kappa shape index (κ2) is 13.5. The van der Waals surface area contributed by atoms with E-state index in [2.05, 4.69) is 6.92 Å². The number of hydrogen-bond donors (Lipinski definition) is 0. The predicted molar refractivity (Wildman–Crippen MR) is 99.9 cm³/mol. The first kappa shape index (κ1) is 23.2. The first-order chi connectivity index (χ1) is 8.56. The molecule has 0 radical (unpaired) electrons. The summed E-state index contributed by atoms with van der Waals surface area (Å²) < 4.78 is 0. The zero-order valence-corrected chi connectivity index (χ0v) is 18.0. The fraction of sp³-hybridized carbons (Fsp3) is 1.00. The van der Waals surface area contributed by atoms with Crippen LogP contribution in [-0.2, 0) is 0 Å². The SMILES string of the molecule is CCCCCCCCCC[Si](Cl)(Cl)Cl.C[Si](C)(Cl)Cl. The topological polar surface area (TPSA) is 0 Å². The van der Waals surface area contributed by atoms with E-state index in [0.29, 0.717) is 0 Å². The monoisotopic (exact) mass is 402 g/mol. The minimum absolute atomic E-state index is 0.826. The number of rotatable bonds is 9. The first-order valence-corrected chi connectivity index (χ1v) is 17.3. The highest BCUT2D eigenvalue weighted by Gasteiger charge is 2.23. The van der Waals surface area contributed by atoms with Gasteiger partial charge in [0.2, 0.25) is 6.69 Å². The van der Waals surface area contributed by atoms with Crippen LogP contribution >= 0.6 is 55.4 Å². The van der Waals surface area contributed by atoms with Crippen LogP contribution < -0.4 is 0 Å². The van der Waals surface area contributed by atoms with Crippen LogP contribution in [0.25, 0.3) is 0 Å². The number of halogens is 5. The van der Waals surface area contributed by atoms with Gasteiger partial charge in [-0.15, -0.1) is 55.4 Å². The van der Waals surface area contributed by atoms with Crippen LogP contribution in [-0.4, -0.2) is 12.7 Å². The molecule has 0 aromatic heterocycles. The molecule has 0 nitrogen and oxygen atoms in total. The molecule has 0 aliphatic carbocycles. The molecule has 0 amide bonds. The van der Waals surface area contributed by atoms with Crippen molar-refractivity contribution in [3.63, 3.8) is 0 Å². The lowest BCUT2D eigenvalue weighted by molar-refractivity contribution is 0.585. The third-order valence-corrected chi connectivity index (χ3v) is 4.94. The lowest BCUT2D eigenvalue weighted by Crippen LogP contribution is -2.07. The van der Waals surface area contributed by atoms with Crippen molar-refractivity contribution in [1.82, 2.24) is 0 Å². The molecule has 0 fully saturated rings. The van der Waals surface area contributed by atoms with E-state index in [4.69, 9.17) is 55.4 Å². The number of hydrogen-bond acceptors (Lipinski definition) is 0. The van der Waals surface area contributed by atoms with Crippen LogP contribution in [0.15, 0.2) is 0 Å². The summed E-state index contributed by atoms with van der Waals surface area (Å²) in [5.74, 6) is 0. The third-order valence-electron chi connectivity index (χ3n) is 2.31. The molecule has 0 spiro atoms. The third kappa shape index (κ3) is 38.3. The van der Waals surface area contributed by atoms with Gasteiger partial charge in [-0.3, -0.25) is 0 Å². The van der Waals surface area contributed by atoms with E-state index >= 15 is 0 Å². The van der Waals surface area contributed by atoms with E-state index in [1.165, 1.54) is 44.9 Å². The summed E-state index contributed by atoms with van der Waals surface area (Å²) in [6.45, 7) is 4.29. The van der Waals surface area contributed by atoms with E-state index < -0.39 is 12.7 Å². The van der Waals surface area contributed by atoms with Gasteiger partial charge in [-0.25, -0.2) is 0 Å². The Morgan fingerprint density at radius 3 is 1.26 bits per heavy atom. The van der Waals surface area contributed by atoms with E-state index in [-0.39, 0.29) is 0 Å². The standard InChI is InChI=1S/C10H21Cl3Si.C2H6Cl2Si/c1-2-3-4-5-6-7-8-9-10-14(11,12)13;1-5(2,3)4/h2-10H2,1H3;1-2H3. The van der Waals surface area contributed by atoms with Gasteiger partial charge in [-0.2, -0.15) is 0 Å². The summed E-state index contributed by atoms with van der Waals surface area (Å²) in [7, 11) is 0. The predicted octanol–water partition coefficient (Wildman–Crippen LogP) is 7.95. The molecule has 0 aliphatic heterocycles. The van der Waals surface area contributed by atoms with E-state index in [1.807, 2.05) is 13.1 Å². The van der Waals surface area contributed by atoms with Crippen LogP contribution in [0.5, 0.6) is 0 Å². The Kier molecular flexibility index (Phi) is 16.5. The second-order valence-corrected chi connectivity index (χ2v) is 23.4. The van der Waals surface area contributed by atoms with Crippen molar-refractivity contribution in [3.05, 3.63) is 0 Å². The van der Waals surface area contributed by atoms with Crippen LogP contribution in [0.2, 0.25) is 19.1 Å². The average Bonchev–Trinajstić information content (AvgIpc) is 2.18. The highest BCUT2D eigenvalue weighted by atomic mass is 35.8. The molecular formula is C12H27Cl5Si2. The van der Waals surface area contributed by atoms with Crippen molar-refractivity contribution < 1.29 is 0 Å². The molecule has 19 heavy (non-hydrogen) atoms. The maximum absolute atomic E-state index is 5.78. The Morgan fingerprint density at radius 2 is 0.947 bits per heavy atom. The van der Waals surface area contributed by atoms with Gasteiger partial charge in [-0.1, -0.05) is 58.3 Å². The molecule has 0 aromatic rings. The van der Waals surface area contributed by atoms with E-state index in [9.17, 15) is 0 Å². The Morgan fingerprint density at radius 1 is 0.632 bits per heavy atom. The average molecular weight is 405 g/mol. The summed E-state index contributed by atoms with van der Waals surface area (Å²) >= 11 is 28.2. The fourth-order valence-corrected chi connectivity index (χ4v) is 3.31. The molecule has 0 aromatic carbocycles.